The zero-order valence-electron chi connectivity index (χ0n) is 22.6. The summed E-state index contributed by atoms with van der Waals surface area (Å²) >= 11 is 0. The number of aryl methyl sites for hydroxylation is 1. The van der Waals surface area contributed by atoms with Crippen molar-refractivity contribution >= 4 is 27.5 Å². The number of halogens is 1. The van der Waals surface area contributed by atoms with Crippen molar-refractivity contribution in [2.45, 2.75) is 45.7 Å². The molecule has 2 amide bonds. The van der Waals surface area contributed by atoms with Crippen LogP contribution in [-0.2, 0) is 32.6 Å². The lowest BCUT2D eigenvalue weighted by Crippen LogP contribution is -2.53. The van der Waals surface area contributed by atoms with Gasteiger partial charge in [0.2, 0.25) is 21.8 Å². The highest BCUT2D eigenvalue weighted by Gasteiger charge is 2.33. The first-order valence-corrected chi connectivity index (χ1v) is 14.8. The molecule has 208 valence electrons. The summed E-state index contributed by atoms with van der Waals surface area (Å²) in [5.74, 6) is -1.51. The first-order chi connectivity index (χ1) is 18.6. The number of benzene rings is 3. The first kappa shape index (κ1) is 29.8. The van der Waals surface area contributed by atoms with Gasteiger partial charge in [-0.05, 0) is 42.7 Å². The van der Waals surface area contributed by atoms with Gasteiger partial charge < -0.3 is 10.2 Å². The molecule has 0 saturated carbocycles. The van der Waals surface area contributed by atoms with Crippen molar-refractivity contribution in [3.05, 3.63) is 101 Å². The standard InChI is InChI=1S/C30H36FN3O4S/c1-4-5-18-32-30(36)28(20-24-13-7-6-8-14-24)33(21-25-15-9-10-17-27(25)31)29(35)22-34(39(3,37)38)26-16-11-12-23(2)19-26/h6-17,19,28H,4-5,18,20-22H2,1-3H3,(H,32,36). The maximum absolute atomic E-state index is 14.8. The zero-order chi connectivity index (χ0) is 28.4. The van der Waals surface area contributed by atoms with E-state index in [0.717, 1.165) is 34.5 Å². The van der Waals surface area contributed by atoms with Crippen LogP contribution in [0.3, 0.4) is 0 Å². The van der Waals surface area contributed by atoms with E-state index in [9.17, 15) is 22.4 Å². The molecule has 7 nitrogen and oxygen atoms in total. The Bertz CT molecular complexity index is 1370. The van der Waals surface area contributed by atoms with Gasteiger partial charge in [0.1, 0.15) is 18.4 Å². The minimum absolute atomic E-state index is 0.183. The van der Waals surface area contributed by atoms with Gasteiger partial charge >= 0.3 is 0 Å². The quantitative estimate of drug-likeness (QED) is 0.317. The maximum atomic E-state index is 14.8. The Morgan fingerprint density at radius 2 is 1.67 bits per heavy atom. The molecule has 0 heterocycles. The molecule has 0 aromatic heterocycles. The Labute approximate surface area is 230 Å². The van der Waals surface area contributed by atoms with Gasteiger partial charge in [-0.1, -0.05) is 74.0 Å². The number of anilines is 1. The molecule has 0 saturated heterocycles. The molecule has 3 aromatic rings. The van der Waals surface area contributed by atoms with Gasteiger partial charge in [-0.25, -0.2) is 12.8 Å². The smallest absolute Gasteiger partial charge is 0.244 e. The van der Waals surface area contributed by atoms with Gasteiger partial charge in [0.15, 0.2) is 0 Å². The van der Waals surface area contributed by atoms with Crippen LogP contribution in [-0.4, -0.2) is 50.5 Å². The third kappa shape index (κ3) is 8.64. The molecular weight excluding hydrogens is 517 g/mol. The molecule has 3 aromatic carbocycles. The van der Waals surface area contributed by atoms with E-state index in [2.05, 4.69) is 5.32 Å². The SMILES string of the molecule is CCCCNC(=O)C(Cc1ccccc1)N(Cc1ccccc1F)C(=O)CN(c1cccc(C)c1)S(C)(=O)=O. The number of hydrogen-bond donors (Lipinski definition) is 1. The van der Waals surface area contributed by atoms with Crippen LogP contribution in [0.4, 0.5) is 10.1 Å². The Kier molecular flexibility index (Phi) is 10.6. The number of amides is 2. The fourth-order valence-corrected chi connectivity index (χ4v) is 5.11. The Balaban J connectivity index is 2.04. The van der Waals surface area contributed by atoms with Crippen molar-refractivity contribution in [1.29, 1.82) is 0 Å². The predicted molar refractivity (Wildman–Crippen MR) is 152 cm³/mol. The summed E-state index contributed by atoms with van der Waals surface area (Å²) in [6.45, 7) is 3.53. The number of rotatable bonds is 13. The number of nitrogens with one attached hydrogen (secondary N) is 1. The summed E-state index contributed by atoms with van der Waals surface area (Å²) in [6.07, 6.45) is 2.85. The number of carbonyl (C=O) groups is 2. The number of hydrogen-bond acceptors (Lipinski definition) is 4. The van der Waals surface area contributed by atoms with E-state index in [-0.39, 0.29) is 24.4 Å². The Hall–Kier alpha value is -3.72. The summed E-state index contributed by atoms with van der Waals surface area (Å²) in [5, 5.41) is 2.90. The number of sulfonamides is 1. The fourth-order valence-electron chi connectivity index (χ4n) is 4.27. The van der Waals surface area contributed by atoms with E-state index in [1.54, 1.807) is 36.4 Å². The minimum atomic E-state index is -3.86. The van der Waals surface area contributed by atoms with Gasteiger partial charge in [-0.2, -0.15) is 0 Å². The topological polar surface area (TPSA) is 86.8 Å². The van der Waals surface area contributed by atoms with Crippen LogP contribution in [0.25, 0.3) is 0 Å². The second-order valence-electron chi connectivity index (χ2n) is 9.57. The molecule has 9 heteroatoms. The molecule has 0 spiro atoms. The molecule has 0 bridgehead atoms. The molecule has 1 unspecified atom stereocenters. The predicted octanol–water partition coefficient (Wildman–Crippen LogP) is 4.46. The molecule has 0 aliphatic rings. The van der Waals surface area contributed by atoms with Crippen molar-refractivity contribution in [2.75, 3.05) is 23.7 Å². The average molecular weight is 554 g/mol. The van der Waals surface area contributed by atoms with Gasteiger partial charge in [-0.3, -0.25) is 13.9 Å². The van der Waals surface area contributed by atoms with E-state index < -0.39 is 34.3 Å². The van der Waals surface area contributed by atoms with Crippen LogP contribution in [0.2, 0.25) is 0 Å². The molecule has 39 heavy (non-hydrogen) atoms. The van der Waals surface area contributed by atoms with Gasteiger partial charge in [0, 0.05) is 25.1 Å². The van der Waals surface area contributed by atoms with Crippen LogP contribution in [0.5, 0.6) is 0 Å². The van der Waals surface area contributed by atoms with Crippen molar-refractivity contribution in [1.82, 2.24) is 10.2 Å². The van der Waals surface area contributed by atoms with Crippen molar-refractivity contribution < 1.29 is 22.4 Å². The fraction of sp³-hybridized carbons (Fsp3) is 0.333. The number of carbonyl (C=O) groups excluding carboxylic acids is 2. The minimum Gasteiger partial charge on any atom is -0.354 e. The third-order valence-electron chi connectivity index (χ3n) is 6.37. The van der Waals surface area contributed by atoms with Gasteiger partial charge in [0.25, 0.3) is 0 Å². The third-order valence-corrected chi connectivity index (χ3v) is 7.51. The Morgan fingerprint density at radius 3 is 2.31 bits per heavy atom. The number of unbranched alkanes of at least 4 members (excludes halogenated alkanes) is 1. The molecule has 1 N–H and O–H groups in total. The van der Waals surface area contributed by atoms with E-state index >= 15 is 0 Å². The summed E-state index contributed by atoms with van der Waals surface area (Å²) in [7, 11) is -3.86. The number of nitrogens with zero attached hydrogens (tertiary/aromatic N) is 2. The Morgan fingerprint density at radius 1 is 0.974 bits per heavy atom. The molecule has 0 radical (unpaired) electrons. The van der Waals surface area contributed by atoms with Gasteiger partial charge in [0.05, 0.1) is 11.9 Å². The highest BCUT2D eigenvalue weighted by molar-refractivity contribution is 7.92. The summed E-state index contributed by atoms with van der Waals surface area (Å²) in [6, 6.07) is 21.1. The highest BCUT2D eigenvalue weighted by atomic mass is 32.2. The van der Waals surface area contributed by atoms with Crippen molar-refractivity contribution in [2.24, 2.45) is 0 Å². The first-order valence-electron chi connectivity index (χ1n) is 13.0. The van der Waals surface area contributed by atoms with Crippen molar-refractivity contribution in [3.63, 3.8) is 0 Å². The monoisotopic (exact) mass is 553 g/mol. The summed E-state index contributed by atoms with van der Waals surface area (Å²) in [4.78, 5) is 28.8. The van der Waals surface area contributed by atoms with Crippen LogP contribution in [0.1, 0.15) is 36.5 Å². The van der Waals surface area contributed by atoms with Crippen LogP contribution >= 0.6 is 0 Å². The molecule has 1 atom stereocenters. The largest absolute Gasteiger partial charge is 0.354 e. The lowest BCUT2D eigenvalue weighted by Gasteiger charge is -2.33. The van der Waals surface area contributed by atoms with E-state index in [1.165, 1.54) is 11.0 Å². The lowest BCUT2D eigenvalue weighted by molar-refractivity contribution is -0.140. The summed E-state index contributed by atoms with van der Waals surface area (Å²) < 4.78 is 41.4. The molecule has 0 aliphatic heterocycles. The van der Waals surface area contributed by atoms with E-state index in [4.69, 9.17) is 0 Å². The van der Waals surface area contributed by atoms with E-state index in [0.29, 0.717) is 12.2 Å². The van der Waals surface area contributed by atoms with Gasteiger partial charge in [-0.15, -0.1) is 0 Å². The second-order valence-corrected chi connectivity index (χ2v) is 11.5. The highest BCUT2D eigenvalue weighted by Crippen LogP contribution is 2.22. The van der Waals surface area contributed by atoms with Crippen LogP contribution < -0.4 is 9.62 Å². The molecule has 3 rings (SSSR count). The molecule has 0 aliphatic carbocycles. The van der Waals surface area contributed by atoms with E-state index in [1.807, 2.05) is 50.2 Å². The average Bonchev–Trinajstić information content (AvgIpc) is 2.90. The summed E-state index contributed by atoms with van der Waals surface area (Å²) in [5.41, 5.74) is 2.21. The zero-order valence-corrected chi connectivity index (χ0v) is 23.5. The van der Waals surface area contributed by atoms with Crippen molar-refractivity contribution in [3.8, 4) is 0 Å². The van der Waals surface area contributed by atoms with Crippen LogP contribution in [0.15, 0.2) is 78.9 Å². The molecular formula is C30H36FN3O4S. The lowest BCUT2D eigenvalue weighted by atomic mass is 10.0. The van der Waals surface area contributed by atoms with Crippen LogP contribution in [0, 0.1) is 12.7 Å². The normalized spacial score (nSPS) is 12.0. The second kappa shape index (κ2) is 13.9. The maximum Gasteiger partial charge on any atom is 0.244 e. The molecule has 0 fully saturated rings.